The van der Waals surface area contributed by atoms with Gasteiger partial charge in [-0.25, -0.2) is 9.78 Å². The van der Waals surface area contributed by atoms with Gasteiger partial charge in [-0.05, 0) is 37.1 Å². The summed E-state index contributed by atoms with van der Waals surface area (Å²) in [6.45, 7) is 3.97. The highest BCUT2D eigenvalue weighted by Crippen LogP contribution is 2.22. The molecule has 0 saturated heterocycles. The molecule has 4 nitrogen and oxygen atoms in total. The van der Waals surface area contributed by atoms with E-state index in [9.17, 15) is 4.79 Å². The number of benzene rings is 1. The molecule has 106 valence electrons. The lowest BCUT2D eigenvalue weighted by atomic mass is 10.1. The minimum atomic E-state index is -0.338. The Morgan fingerprint density at radius 2 is 1.95 bits per heavy atom. The first-order valence-electron chi connectivity index (χ1n) is 6.92. The zero-order valence-corrected chi connectivity index (χ0v) is 12.0. The monoisotopic (exact) mass is 280 g/mol. The van der Waals surface area contributed by atoms with E-state index < -0.39 is 0 Å². The third-order valence-corrected chi connectivity index (χ3v) is 3.38. The van der Waals surface area contributed by atoms with Gasteiger partial charge in [0.05, 0.1) is 12.3 Å². The molecule has 0 bridgehead atoms. The number of hydrogen-bond donors (Lipinski definition) is 0. The Hall–Kier alpha value is -2.62. The number of rotatable bonds is 3. The number of aryl methyl sites for hydroxylation is 1. The van der Waals surface area contributed by atoms with Crippen molar-refractivity contribution in [3.63, 3.8) is 0 Å². The van der Waals surface area contributed by atoms with Crippen LogP contribution >= 0.6 is 0 Å². The second-order valence-electron chi connectivity index (χ2n) is 4.78. The fourth-order valence-corrected chi connectivity index (χ4v) is 2.42. The molecule has 0 atom stereocenters. The molecule has 3 rings (SSSR count). The van der Waals surface area contributed by atoms with Gasteiger partial charge >= 0.3 is 5.97 Å². The number of carbonyl (C=O) groups is 1. The Morgan fingerprint density at radius 1 is 1.19 bits per heavy atom. The van der Waals surface area contributed by atoms with Crippen LogP contribution in [0.5, 0.6) is 0 Å². The van der Waals surface area contributed by atoms with Gasteiger partial charge in [-0.3, -0.25) is 4.40 Å². The van der Waals surface area contributed by atoms with Crippen LogP contribution in [-0.2, 0) is 4.74 Å². The van der Waals surface area contributed by atoms with Crippen molar-refractivity contribution in [2.24, 2.45) is 0 Å². The number of hydrogen-bond acceptors (Lipinski definition) is 3. The van der Waals surface area contributed by atoms with E-state index in [1.54, 1.807) is 11.3 Å². The van der Waals surface area contributed by atoms with E-state index in [-0.39, 0.29) is 5.97 Å². The molecule has 0 N–H and O–H groups in total. The smallest absolute Gasteiger partial charge is 0.357 e. The highest BCUT2D eigenvalue weighted by molar-refractivity contribution is 5.90. The molecular weight excluding hydrogens is 264 g/mol. The molecule has 0 saturated carbocycles. The minimum absolute atomic E-state index is 0.338. The van der Waals surface area contributed by atoms with Gasteiger partial charge in [0.15, 0.2) is 5.69 Å². The van der Waals surface area contributed by atoms with Gasteiger partial charge in [-0.15, -0.1) is 0 Å². The maximum absolute atomic E-state index is 12.0. The number of imidazole rings is 1. The summed E-state index contributed by atoms with van der Waals surface area (Å²) < 4.78 is 6.87. The predicted molar refractivity (Wildman–Crippen MR) is 81.3 cm³/mol. The first kappa shape index (κ1) is 13.4. The van der Waals surface area contributed by atoms with Crippen LogP contribution in [-0.4, -0.2) is 22.0 Å². The molecule has 21 heavy (non-hydrogen) atoms. The average Bonchev–Trinajstić information content (AvgIpc) is 2.83. The molecule has 0 aliphatic rings. The summed E-state index contributed by atoms with van der Waals surface area (Å²) in [7, 11) is 0. The fraction of sp³-hybridized carbons (Fsp3) is 0.176. The van der Waals surface area contributed by atoms with Gasteiger partial charge in [0.2, 0.25) is 0 Å². The highest BCUT2D eigenvalue weighted by Gasteiger charge is 2.17. The molecule has 4 heteroatoms. The standard InChI is InChI=1S/C17H16N2O2/c1-3-21-17(20)16-12(2)18-15-11-14(9-10-19(15)16)13-7-5-4-6-8-13/h4-11H,3H2,1-2H3. The second kappa shape index (κ2) is 5.40. The average molecular weight is 280 g/mol. The molecule has 0 fully saturated rings. The Kier molecular flexibility index (Phi) is 3.44. The molecule has 0 radical (unpaired) electrons. The van der Waals surface area contributed by atoms with Crippen molar-refractivity contribution in [1.29, 1.82) is 0 Å². The topological polar surface area (TPSA) is 43.6 Å². The summed E-state index contributed by atoms with van der Waals surface area (Å²) >= 11 is 0. The van der Waals surface area contributed by atoms with Crippen LogP contribution in [0.25, 0.3) is 16.8 Å². The molecule has 2 aromatic heterocycles. The zero-order chi connectivity index (χ0) is 14.8. The summed E-state index contributed by atoms with van der Waals surface area (Å²) in [6.07, 6.45) is 1.86. The lowest BCUT2D eigenvalue weighted by Crippen LogP contribution is -2.09. The minimum Gasteiger partial charge on any atom is -0.461 e. The van der Waals surface area contributed by atoms with Crippen LogP contribution in [0.4, 0.5) is 0 Å². The SMILES string of the molecule is CCOC(=O)c1c(C)nc2cc(-c3ccccc3)ccn12. The second-order valence-corrected chi connectivity index (χ2v) is 4.78. The first-order valence-corrected chi connectivity index (χ1v) is 6.92. The maximum atomic E-state index is 12.0. The number of ether oxygens (including phenoxy) is 1. The van der Waals surface area contributed by atoms with Gasteiger partial charge in [-0.2, -0.15) is 0 Å². The maximum Gasteiger partial charge on any atom is 0.357 e. The number of esters is 1. The zero-order valence-electron chi connectivity index (χ0n) is 12.0. The molecule has 0 aliphatic heterocycles. The van der Waals surface area contributed by atoms with Crippen molar-refractivity contribution in [1.82, 2.24) is 9.38 Å². The molecule has 0 amide bonds. The molecule has 3 aromatic rings. The van der Waals surface area contributed by atoms with Crippen LogP contribution in [0.1, 0.15) is 23.1 Å². The highest BCUT2D eigenvalue weighted by atomic mass is 16.5. The lowest BCUT2D eigenvalue weighted by molar-refractivity contribution is 0.0517. The van der Waals surface area contributed by atoms with Gasteiger partial charge in [-0.1, -0.05) is 30.3 Å². The number of pyridine rings is 1. The molecule has 2 heterocycles. The van der Waals surface area contributed by atoms with Crippen molar-refractivity contribution >= 4 is 11.6 Å². The summed E-state index contributed by atoms with van der Waals surface area (Å²) in [6, 6.07) is 14.0. The fourth-order valence-electron chi connectivity index (χ4n) is 2.42. The van der Waals surface area contributed by atoms with Crippen molar-refractivity contribution in [2.75, 3.05) is 6.61 Å². The van der Waals surface area contributed by atoms with E-state index in [2.05, 4.69) is 4.98 Å². The summed E-state index contributed by atoms with van der Waals surface area (Å²) in [4.78, 5) is 16.5. The van der Waals surface area contributed by atoms with Crippen LogP contribution < -0.4 is 0 Å². The lowest BCUT2D eigenvalue weighted by Gasteiger charge is -2.05. The quantitative estimate of drug-likeness (QED) is 0.690. The van der Waals surface area contributed by atoms with Gasteiger partial charge in [0, 0.05) is 6.20 Å². The molecule has 1 aromatic carbocycles. The number of aromatic nitrogens is 2. The first-order chi connectivity index (χ1) is 10.2. The Morgan fingerprint density at radius 3 is 2.67 bits per heavy atom. The van der Waals surface area contributed by atoms with E-state index in [0.717, 1.165) is 16.8 Å². The van der Waals surface area contributed by atoms with E-state index in [4.69, 9.17) is 4.74 Å². The van der Waals surface area contributed by atoms with Gasteiger partial charge in [0.1, 0.15) is 5.65 Å². The Labute approximate surface area is 123 Å². The summed E-state index contributed by atoms with van der Waals surface area (Å²) in [5, 5.41) is 0. The van der Waals surface area contributed by atoms with Gasteiger partial charge < -0.3 is 4.74 Å². The third kappa shape index (κ3) is 2.40. The summed E-state index contributed by atoms with van der Waals surface area (Å²) in [5.41, 5.74) is 4.11. The molecular formula is C17H16N2O2. The van der Waals surface area contributed by atoms with E-state index in [0.29, 0.717) is 18.0 Å². The van der Waals surface area contributed by atoms with Crippen molar-refractivity contribution in [2.45, 2.75) is 13.8 Å². The Bertz CT molecular complexity index is 791. The third-order valence-electron chi connectivity index (χ3n) is 3.38. The molecule has 0 unspecified atom stereocenters. The van der Waals surface area contributed by atoms with E-state index in [1.807, 2.05) is 55.6 Å². The number of fused-ring (bicyclic) bond motifs is 1. The van der Waals surface area contributed by atoms with Crippen molar-refractivity contribution in [3.8, 4) is 11.1 Å². The van der Waals surface area contributed by atoms with Crippen LogP contribution in [0.15, 0.2) is 48.7 Å². The van der Waals surface area contributed by atoms with Crippen LogP contribution in [0.3, 0.4) is 0 Å². The normalized spacial score (nSPS) is 10.8. The molecule has 0 spiro atoms. The van der Waals surface area contributed by atoms with Crippen LogP contribution in [0.2, 0.25) is 0 Å². The van der Waals surface area contributed by atoms with Crippen molar-refractivity contribution < 1.29 is 9.53 Å². The van der Waals surface area contributed by atoms with Gasteiger partial charge in [0.25, 0.3) is 0 Å². The van der Waals surface area contributed by atoms with E-state index >= 15 is 0 Å². The largest absolute Gasteiger partial charge is 0.461 e. The van der Waals surface area contributed by atoms with Crippen LogP contribution in [0, 0.1) is 6.92 Å². The van der Waals surface area contributed by atoms with E-state index in [1.165, 1.54) is 0 Å². The summed E-state index contributed by atoms with van der Waals surface area (Å²) in [5.74, 6) is -0.338. The van der Waals surface area contributed by atoms with Crippen molar-refractivity contribution in [3.05, 3.63) is 60.0 Å². The number of nitrogens with zero attached hydrogens (tertiary/aromatic N) is 2. The Balaban J connectivity index is 2.11. The number of carbonyl (C=O) groups excluding carboxylic acids is 1. The predicted octanol–water partition coefficient (Wildman–Crippen LogP) is 3.49. The molecule has 0 aliphatic carbocycles.